The van der Waals surface area contributed by atoms with Gasteiger partial charge < -0.3 is 14.4 Å². The molecule has 0 saturated heterocycles. The highest BCUT2D eigenvalue weighted by Crippen LogP contribution is 2.32. The van der Waals surface area contributed by atoms with Crippen LogP contribution >= 0.6 is 11.6 Å². The average molecular weight is 411 g/mol. The van der Waals surface area contributed by atoms with Crippen LogP contribution in [0, 0.1) is 0 Å². The Kier molecular flexibility index (Phi) is 6.26. The summed E-state index contributed by atoms with van der Waals surface area (Å²) in [7, 11) is 0.0592. The molecule has 146 valence electrons. The molecule has 6 nitrogen and oxygen atoms in total. The molecular weight excluding hydrogens is 388 g/mol. The minimum Gasteiger partial charge on any atom is -0.490 e. The van der Waals surface area contributed by atoms with Gasteiger partial charge in [-0.1, -0.05) is 29.8 Å². The van der Waals surface area contributed by atoms with Crippen molar-refractivity contribution in [3.63, 3.8) is 0 Å². The fourth-order valence-corrected chi connectivity index (χ4v) is 4.21. The molecular formula is C19H23ClN2O4S. The second kappa shape index (κ2) is 8.48. The minimum atomic E-state index is -3.71. The lowest BCUT2D eigenvalue weighted by Crippen LogP contribution is -2.34. The van der Waals surface area contributed by atoms with Crippen molar-refractivity contribution in [2.75, 3.05) is 33.9 Å². The first-order chi connectivity index (χ1) is 12.9. The van der Waals surface area contributed by atoms with Crippen LogP contribution in [0.3, 0.4) is 0 Å². The third-order valence-electron chi connectivity index (χ3n) is 4.38. The van der Waals surface area contributed by atoms with Gasteiger partial charge >= 0.3 is 0 Å². The van der Waals surface area contributed by atoms with E-state index in [-0.39, 0.29) is 17.5 Å². The van der Waals surface area contributed by atoms with Gasteiger partial charge in [0.25, 0.3) is 0 Å². The number of rotatable bonds is 6. The highest BCUT2D eigenvalue weighted by molar-refractivity contribution is 7.89. The first-order valence-electron chi connectivity index (χ1n) is 8.68. The minimum absolute atomic E-state index is 0.142. The average Bonchev–Trinajstić information content (AvgIpc) is 2.87. The third kappa shape index (κ3) is 4.73. The van der Waals surface area contributed by atoms with Gasteiger partial charge in [0.1, 0.15) is 0 Å². The van der Waals surface area contributed by atoms with Gasteiger partial charge in [0.05, 0.1) is 18.1 Å². The lowest BCUT2D eigenvalue weighted by molar-refractivity contribution is 0.296. The molecule has 0 fully saturated rings. The van der Waals surface area contributed by atoms with Gasteiger partial charge in [0.15, 0.2) is 11.5 Å². The predicted octanol–water partition coefficient (Wildman–Crippen LogP) is 3.08. The van der Waals surface area contributed by atoms with Crippen molar-refractivity contribution in [2.45, 2.75) is 17.4 Å². The number of nitrogens with zero attached hydrogens (tertiary/aromatic N) is 1. The van der Waals surface area contributed by atoms with Crippen LogP contribution in [0.15, 0.2) is 47.4 Å². The molecule has 3 rings (SSSR count). The number of hydrogen-bond acceptors (Lipinski definition) is 5. The molecule has 1 unspecified atom stereocenters. The molecule has 0 aliphatic carbocycles. The number of ether oxygens (including phenoxy) is 2. The van der Waals surface area contributed by atoms with E-state index in [0.717, 1.165) is 12.0 Å². The van der Waals surface area contributed by atoms with Crippen LogP contribution in [-0.4, -0.2) is 47.2 Å². The van der Waals surface area contributed by atoms with Crippen molar-refractivity contribution in [3.05, 3.63) is 53.1 Å². The molecule has 1 aliphatic heterocycles. The normalized spacial score (nSPS) is 15.4. The Morgan fingerprint density at radius 1 is 1.11 bits per heavy atom. The van der Waals surface area contributed by atoms with E-state index in [0.29, 0.717) is 29.7 Å². The van der Waals surface area contributed by atoms with Crippen molar-refractivity contribution in [1.82, 2.24) is 9.62 Å². The van der Waals surface area contributed by atoms with Gasteiger partial charge in [0.2, 0.25) is 10.0 Å². The molecule has 27 heavy (non-hydrogen) atoms. The molecule has 1 aliphatic rings. The zero-order valence-corrected chi connectivity index (χ0v) is 16.9. The summed E-state index contributed by atoms with van der Waals surface area (Å²) in [6, 6.07) is 11.9. The molecule has 0 bridgehead atoms. The van der Waals surface area contributed by atoms with E-state index < -0.39 is 10.0 Å². The lowest BCUT2D eigenvalue weighted by Gasteiger charge is -2.26. The zero-order chi connectivity index (χ0) is 19.4. The Hall–Kier alpha value is -1.80. The lowest BCUT2D eigenvalue weighted by atomic mass is 10.1. The maximum Gasteiger partial charge on any atom is 0.240 e. The number of nitrogens with one attached hydrogen (secondary N) is 1. The number of halogens is 1. The Morgan fingerprint density at radius 3 is 2.52 bits per heavy atom. The van der Waals surface area contributed by atoms with Crippen molar-refractivity contribution in [2.24, 2.45) is 0 Å². The van der Waals surface area contributed by atoms with Crippen molar-refractivity contribution >= 4 is 21.6 Å². The molecule has 0 radical (unpaired) electrons. The molecule has 0 spiro atoms. The van der Waals surface area contributed by atoms with Crippen molar-refractivity contribution < 1.29 is 17.9 Å². The van der Waals surface area contributed by atoms with E-state index in [4.69, 9.17) is 21.1 Å². The third-order valence-corrected chi connectivity index (χ3v) is 6.15. The maximum absolute atomic E-state index is 12.8. The van der Waals surface area contributed by atoms with E-state index in [2.05, 4.69) is 4.72 Å². The summed E-state index contributed by atoms with van der Waals surface area (Å²) >= 11 is 6.29. The largest absolute Gasteiger partial charge is 0.490 e. The monoisotopic (exact) mass is 410 g/mol. The Balaban J connectivity index is 1.79. The number of benzene rings is 2. The number of hydrogen-bond donors (Lipinski definition) is 1. The van der Waals surface area contributed by atoms with Crippen LogP contribution in [0.1, 0.15) is 18.0 Å². The standard InChI is InChI=1S/C19H23ClN2O4S/c1-22(2)17(15-6-3-4-7-16(15)20)13-21-27(23,24)14-8-9-18-19(12-14)26-11-5-10-25-18/h3-4,6-9,12,17,21H,5,10-11,13H2,1-2H3. The summed E-state index contributed by atoms with van der Waals surface area (Å²) < 4.78 is 39.4. The van der Waals surface area contributed by atoms with Crippen LogP contribution in [0.2, 0.25) is 5.02 Å². The molecule has 2 aromatic rings. The smallest absolute Gasteiger partial charge is 0.240 e. The van der Waals surface area contributed by atoms with Gasteiger partial charge in [-0.2, -0.15) is 0 Å². The zero-order valence-electron chi connectivity index (χ0n) is 15.3. The topological polar surface area (TPSA) is 67.9 Å². The van der Waals surface area contributed by atoms with Crippen LogP contribution in [-0.2, 0) is 10.0 Å². The summed E-state index contributed by atoms with van der Waals surface area (Å²) in [5.41, 5.74) is 0.866. The molecule has 1 atom stereocenters. The summed E-state index contributed by atoms with van der Waals surface area (Å²) in [5.74, 6) is 1.01. The molecule has 1 heterocycles. The predicted molar refractivity (Wildman–Crippen MR) is 105 cm³/mol. The van der Waals surface area contributed by atoms with Gasteiger partial charge in [0, 0.05) is 30.1 Å². The van der Waals surface area contributed by atoms with E-state index in [1.807, 2.05) is 37.2 Å². The van der Waals surface area contributed by atoms with Gasteiger partial charge in [-0.15, -0.1) is 0 Å². The van der Waals surface area contributed by atoms with Crippen LogP contribution in [0.25, 0.3) is 0 Å². The highest BCUT2D eigenvalue weighted by atomic mass is 35.5. The first-order valence-corrected chi connectivity index (χ1v) is 10.5. The molecule has 1 N–H and O–H groups in total. The van der Waals surface area contributed by atoms with Crippen LogP contribution in [0.5, 0.6) is 11.5 Å². The van der Waals surface area contributed by atoms with E-state index in [1.54, 1.807) is 12.1 Å². The molecule has 0 aromatic heterocycles. The quantitative estimate of drug-likeness (QED) is 0.792. The summed E-state index contributed by atoms with van der Waals surface area (Å²) in [4.78, 5) is 2.07. The molecule has 0 saturated carbocycles. The second-order valence-electron chi connectivity index (χ2n) is 6.51. The number of fused-ring (bicyclic) bond motifs is 1. The van der Waals surface area contributed by atoms with Crippen LogP contribution < -0.4 is 14.2 Å². The maximum atomic E-state index is 12.8. The second-order valence-corrected chi connectivity index (χ2v) is 8.69. The van der Waals surface area contributed by atoms with Crippen molar-refractivity contribution in [3.8, 4) is 11.5 Å². The number of sulfonamides is 1. The summed E-state index contributed by atoms with van der Waals surface area (Å²) in [6.07, 6.45) is 0.761. The van der Waals surface area contributed by atoms with Gasteiger partial charge in [-0.05, 0) is 37.9 Å². The Bertz CT molecular complexity index is 902. The van der Waals surface area contributed by atoms with Crippen molar-refractivity contribution in [1.29, 1.82) is 0 Å². The fourth-order valence-electron chi connectivity index (χ4n) is 2.90. The summed E-state index contributed by atoms with van der Waals surface area (Å²) in [5, 5.41) is 0.603. The molecule has 2 aromatic carbocycles. The summed E-state index contributed by atoms with van der Waals surface area (Å²) in [6.45, 7) is 1.24. The SMILES string of the molecule is CN(C)C(CNS(=O)(=O)c1ccc2c(c1)OCCCO2)c1ccccc1Cl. The van der Waals surface area contributed by atoms with Gasteiger partial charge in [-0.3, -0.25) is 0 Å². The first kappa shape index (κ1) is 19.9. The van der Waals surface area contributed by atoms with Crippen LogP contribution in [0.4, 0.5) is 0 Å². The van der Waals surface area contributed by atoms with Gasteiger partial charge in [-0.25, -0.2) is 13.1 Å². The Morgan fingerprint density at radius 2 is 1.81 bits per heavy atom. The molecule has 8 heteroatoms. The Labute approximate surface area is 165 Å². The number of likely N-dealkylation sites (N-methyl/N-ethyl adjacent to an activating group) is 1. The van der Waals surface area contributed by atoms with E-state index in [9.17, 15) is 8.42 Å². The van der Waals surface area contributed by atoms with E-state index in [1.165, 1.54) is 12.1 Å². The van der Waals surface area contributed by atoms with E-state index >= 15 is 0 Å². The fraction of sp³-hybridized carbons (Fsp3) is 0.368. The molecule has 0 amide bonds. The highest BCUT2D eigenvalue weighted by Gasteiger charge is 2.23.